The van der Waals surface area contributed by atoms with E-state index in [1.807, 2.05) is 0 Å². The normalized spacial score (nSPS) is 22.6. The molecule has 0 fully saturated rings. The van der Waals surface area contributed by atoms with E-state index in [4.69, 9.17) is 0 Å². The number of allylic oxidation sites excluding steroid dienone is 16. The van der Waals surface area contributed by atoms with Crippen molar-refractivity contribution in [2.75, 3.05) is 0 Å². The average molecular weight is 595 g/mol. The number of fused-ring (bicyclic) bond motifs is 3. The van der Waals surface area contributed by atoms with Gasteiger partial charge in [0.25, 0.3) is 0 Å². The molecule has 0 heteroatoms. The summed E-state index contributed by atoms with van der Waals surface area (Å²) in [7, 11) is 0. The largest absolute Gasteiger partial charge is 0.0654 e. The molecule has 3 aliphatic rings. The van der Waals surface area contributed by atoms with Crippen LogP contribution < -0.4 is 0 Å². The fourth-order valence-electron chi connectivity index (χ4n) is 7.39. The summed E-state index contributed by atoms with van der Waals surface area (Å²) in [6.07, 6.45) is 47.8. The number of unbranched alkanes of at least 4 members (excludes halogenated alkanes) is 6. The van der Waals surface area contributed by atoms with E-state index < -0.39 is 0 Å². The Bertz CT molecular complexity index is 1390. The minimum absolute atomic E-state index is 0.123. The van der Waals surface area contributed by atoms with E-state index in [2.05, 4.69) is 135 Å². The maximum atomic E-state index is 2.63. The standard InChI is InChI=1S/C45H54/c1-3-5-7-19-33-45(34-20-8-6-4-2)43-35-39(27-25-37-21-15-11-9-12-16-22-37)29-31-41(43)42-32-30-40(36-44(42)45)28-26-38-23-17-13-10-14-18-24-38/h9-18,21-24,29-32,35-36H,3-8,19-20,25-28,33-34H2,1-2H3/b11-9-,12-9?,13-10-,14-10?,15-11?,16-12-,17-13?,18-14-,21-15-,22-16?,23-17-,24-18?,37-21?,37-22+,38-23?,38-24+. The first-order valence-corrected chi connectivity index (χ1v) is 17.9. The zero-order valence-corrected chi connectivity index (χ0v) is 27.9. The Morgan fingerprint density at radius 3 is 1.36 bits per heavy atom. The van der Waals surface area contributed by atoms with Crippen LogP contribution in [0.3, 0.4) is 0 Å². The van der Waals surface area contributed by atoms with Crippen LogP contribution in [0.15, 0.2) is 133 Å². The zero-order valence-electron chi connectivity index (χ0n) is 27.9. The minimum atomic E-state index is 0.123. The van der Waals surface area contributed by atoms with Crippen molar-refractivity contribution in [1.29, 1.82) is 0 Å². The summed E-state index contributed by atoms with van der Waals surface area (Å²) < 4.78 is 0. The van der Waals surface area contributed by atoms with Crippen LogP contribution in [0.4, 0.5) is 0 Å². The number of aryl methyl sites for hydroxylation is 2. The molecule has 5 rings (SSSR count). The second-order valence-electron chi connectivity index (χ2n) is 13.2. The molecular weight excluding hydrogens is 540 g/mol. The van der Waals surface area contributed by atoms with Gasteiger partial charge in [0.15, 0.2) is 0 Å². The molecule has 2 aromatic carbocycles. The number of hydrogen-bond donors (Lipinski definition) is 0. The van der Waals surface area contributed by atoms with E-state index in [1.54, 1.807) is 11.1 Å². The van der Waals surface area contributed by atoms with Gasteiger partial charge in [-0.15, -0.1) is 0 Å². The monoisotopic (exact) mass is 594 g/mol. The summed E-state index contributed by atoms with van der Waals surface area (Å²) >= 11 is 0. The molecule has 0 aliphatic heterocycles. The summed E-state index contributed by atoms with van der Waals surface area (Å²) in [5, 5.41) is 0. The summed E-state index contributed by atoms with van der Waals surface area (Å²) in [5.74, 6) is 0. The Balaban J connectivity index is 1.47. The lowest BCUT2D eigenvalue weighted by atomic mass is 9.70. The molecule has 0 nitrogen and oxygen atoms in total. The number of hydrogen-bond acceptors (Lipinski definition) is 0. The topological polar surface area (TPSA) is 0 Å². The van der Waals surface area contributed by atoms with Gasteiger partial charge in [0, 0.05) is 5.41 Å². The molecule has 45 heavy (non-hydrogen) atoms. The smallest absolute Gasteiger partial charge is 0.0215 e. The molecule has 0 bridgehead atoms. The third-order valence-corrected chi connectivity index (χ3v) is 9.94. The van der Waals surface area contributed by atoms with Crippen LogP contribution in [0.1, 0.15) is 113 Å². The van der Waals surface area contributed by atoms with E-state index in [9.17, 15) is 0 Å². The molecule has 0 radical (unpaired) electrons. The average Bonchev–Trinajstić information content (AvgIpc) is 3.29. The van der Waals surface area contributed by atoms with E-state index in [1.165, 1.54) is 97.6 Å². The molecule has 0 heterocycles. The van der Waals surface area contributed by atoms with Gasteiger partial charge in [-0.3, -0.25) is 0 Å². The minimum Gasteiger partial charge on any atom is -0.0654 e. The zero-order chi connectivity index (χ0) is 31.2. The van der Waals surface area contributed by atoms with Crippen molar-refractivity contribution < 1.29 is 0 Å². The van der Waals surface area contributed by atoms with Gasteiger partial charge in [0.05, 0.1) is 0 Å². The highest BCUT2D eigenvalue weighted by atomic mass is 14.4. The highest BCUT2D eigenvalue weighted by molar-refractivity contribution is 5.81. The first kappa shape index (κ1) is 32.7. The van der Waals surface area contributed by atoms with E-state index in [0.717, 1.165) is 25.7 Å². The Morgan fingerprint density at radius 2 is 0.889 bits per heavy atom. The lowest BCUT2D eigenvalue weighted by Gasteiger charge is -2.33. The molecule has 0 spiro atoms. The van der Waals surface area contributed by atoms with Crippen LogP contribution in [0.2, 0.25) is 0 Å². The molecule has 0 atom stereocenters. The SMILES string of the molecule is CCCCCCC1(CCCCCC)c2cc(CCC3=C/C=C\C=C/C=C\3)ccc2-c2ccc(CCC3=C/C=C\C=C/C=C\3)cc21. The summed E-state index contributed by atoms with van der Waals surface area (Å²) in [6.45, 7) is 4.66. The molecule has 0 saturated heterocycles. The first-order valence-electron chi connectivity index (χ1n) is 17.9. The van der Waals surface area contributed by atoms with Crippen molar-refractivity contribution >= 4 is 0 Å². The van der Waals surface area contributed by atoms with Crippen LogP contribution >= 0.6 is 0 Å². The Hall–Kier alpha value is -3.64. The summed E-state index contributed by atoms with van der Waals surface area (Å²) in [5.41, 5.74) is 12.1. The summed E-state index contributed by atoms with van der Waals surface area (Å²) in [6, 6.07) is 15.0. The highest BCUT2D eigenvalue weighted by Gasteiger charge is 2.42. The first-order chi connectivity index (χ1) is 22.2. The fourth-order valence-corrected chi connectivity index (χ4v) is 7.39. The van der Waals surface area contributed by atoms with Gasteiger partial charge in [0.2, 0.25) is 0 Å². The van der Waals surface area contributed by atoms with Crippen molar-refractivity contribution in [2.45, 2.75) is 109 Å². The quantitative estimate of drug-likeness (QED) is 0.170. The van der Waals surface area contributed by atoms with Gasteiger partial charge in [-0.25, -0.2) is 0 Å². The molecule has 2 aromatic rings. The molecule has 0 amide bonds. The third-order valence-electron chi connectivity index (χ3n) is 9.94. The molecule has 0 aromatic heterocycles. The van der Waals surface area contributed by atoms with Gasteiger partial charge in [-0.05, 0) is 83.1 Å². The maximum absolute atomic E-state index is 2.63. The molecule has 0 unspecified atom stereocenters. The van der Waals surface area contributed by atoms with Crippen LogP contribution in [0.25, 0.3) is 11.1 Å². The summed E-state index contributed by atoms with van der Waals surface area (Å²) in [4.78, 5) is 0. The number of benzene rings is 2. The number of rotatable bonds is 16. The molecule has 0 N–H and O–H groups in total. The van der Waals surface area contributed by atoms with Crippen molar-refractivity contribution in [1.82, 2.24) is 0 Å². The second-order valence-corrected chi connectivity index (χ2v) is 13.2. The van der Waals surface area contributed by atoms with Crippen molar-refractivity contribution in [3.63, 3.8) is 0 Å². The second kappa shape index (κ2) is 17.2. The van der Waals surface area contributed by atoms with Crippen molar-refractivity contribution in [2.24, 2.45) is 0 Å². The maximum Gasteiger partial charge on any atom is 0.0215 e. The molecule has 234 valence electrons. The van der Waals surface area contributed by atoms with Gasteiger partial charge in [0.1, 0.15) is 0 Å². The Labute approximate surface area is 274 Å². The predicted octanol–water partition coefficient (Wildman–Crippen LogP) is 13.0. The predicted molar refractivity (Wildman–Crippen MR) is 198 cm³/mol. The van der Waals surface area contributed by atoms with E-state index in [0.29, 0.717) is 0 Å². The third kappa shape index (κ3) is 8.76. The Kier molecular flexibility index (Phi) is 12.5. The van der Waals surface area contributed by atoms with Crippen LogP contribution in [-0.4, -0.2) is 0 Å². The van der Waals surface area contributed by atoms with Crippen molar-refractivity contribution in [3.8, 4) is 11.1 Å². The van der Waals surface area contributed by atoms with Crippen molar-refractivity contribution in [3.05, 3.63) is 155 Å². The molecule has 0 saturated carbocycles. The van der Waals surface area contributed by atoms with E-state index in [-0.39, 0.29) is 5.41 Å². The Morgan fingerprint density at radius 1 is 0.444 bits per heavy atom. The van der Waals surface area contributed by atoms with Crippen LogP contribution in [0, 0.1) is 0 Å². The lowest BCUT2D eigenvalue weighted by Crippen LogP contribution is -2.26. The van der Waals surface area contributed by atoms with Gasteiger partial charge >= 0.3 is 0 Å². The van der Waals surface area contributed by atoms with E-state index >= 15 is 0 Å². The highest BCUT2D eigenvalue weighted by Crippen LogP contribution is 2.55. The van der Waals surface area contributed by atoms with Gasteiger partial charge < -0.3 is 0 Å². The van der Waals surface area contributed by atoms with Gasteiger partial charge in [-0.1, -0.05) is 187 Å². The van der Waals surface area contributed by atoms with Crippen LogP contribution in [0.5, 0.6) is 0 Å². The fraction of sp³-hybridized carbons (Fsp3) is 0.378. The molecule has 3 aliphatic carbocycles. The lowest BCUT2D eigenvalue weighted by molar-refractivity contribution is 0.400. The van der Waals surface area contributed by atoms with Gasteiger partial charge in [-0.2, -0.15) is 0 Å². The van der Waals surface area contributed by atoms with Crippen LogP contribution in [-0.2, 0) is 18.3 Å². The molecular formula is C45H54.